The summed E-state index contributed by atoms with van der Waals surface area (Å²) in [6, 6.07) is 6.86. The molecule has 2 fully saturated rings. The summed E-state index contributed by atoms with van der Waals surface area (Å²) in [5, 5.41) is 0. The fraction of sp³-hybridized carbons (Fsp3) is 0.611. The highest BCUT2D eigenvalue weighted by Gasteiger charge is 2.40. The summed E-state index contributed by atoms with van der Waals surface area (Å²) in [6.07, 6.45) is -0.263. The molecule has 1 aromatic rings. The highest BCUT2D eigenvalue weighted by molar-refractivity contribution is 5.68. The number of morpholine rings is 1. The third-order valence-electron chi connectivity index (χ3n) is 4.35. The highest BCUT2D eigenvalue weighted by atomic mass is 19.1. The van der Waals surface area contributed by atoms with Crippen LogP contribution in [-0.4, -0.2) is 59.9 Å². The van der Waals surface area contributed by atoms with Crippen molar-refractivity contribution in [3.63, 3.8) is 0 Å². The van der Waals surface area contributed by atoms with Gasteiger partial charge < -0.3 is 14.4 Å². The lowest BCUT2D eigenvalue weighted by atomic mass is 10.0. The van der Waals surface area contributed by atoms with Gasteiger partial charge in [-0.1, -0.05) is 12.1 Å². The molecule has 0 radical (unpaired) electrons. The van der Waals surface area contributed by atoms with Crippen LogP contribution < -0.4 is 0 Å². The Hall–Kier alpha value is -1.66. The van der Waals surface area contributed by atoms with Crippen LogP contribution in [0.25, 0.3) is 0 Å². The fourth-order valence-corrected chi connectivity index (χ4v) is 3.26. The zero-order valence-corrected chi connectivity index (χ0v) is 14.5. The van der Waals surface area contributed by atoms with Gasteiger partial charge in [-0.2, -0.15) is 0 Å². The minimum Gasteiger partial charge on any atom is -0.444 e. The minimum atomic E-state index is -0.492. The monoisotopic (exact) mass is 336 g/mol. The van der Waals surface area contributed by atoms with Gasteiger partial charge >= 0.3 is 6.09 Å². The second-order valence-electron chi connectivity index (χ2n) is 7.53. The van der Waals surface area contributed by atoms with E-state index in [1.54, 1.807) is 4.90 Å². The van der Waals surface area contributed by atoms with E-state index < -0.39 is 5.60 Å². The van der Waals surface area contributed by atoms with Crippen LogP contribution in [0.4, 0.5) is 9.18 Å². The molecule has 2 aliphatic heterocycles. The van der Waals surface area contributed by atoms with Crippen LogP contribution in [0.5, 0.6) is 0 Å². The number of hydrogen-bond acceptors (Lipinski definition) is 4. The molecule has 0 N–H and O–H groups in total. The first-order valence-corrected chi connectivity index (χ1v) is 8.38. The summed E-state index contributed by atoms with van der Waals surface area (Å²) in [5.74, 6) is -0.225. The summed E-state index contributed by atoms with van der Waals surface area (Å²) in [7, 11) is 0. The number of rotatable bonds is 2. The van der Waals surface area contributed by atoms with Crippen molar-refractivity contribution in [3.8, 4) is 0 Å². The molecule has 1 amide bonds. The van der Waals surface area contributed by atoms with Gasteiger partial charge in [0.2, 0.25) is 0 Å². The van der Waals surface area contributed by atoms with Crippen molar-refractivity contribution in [2.24, 2.45) is 0 Å². The SMILES string of the molecule is CC(C)(C)OC(=O)N1CC2COCC(C1)N2Cc1ccc(F)cc1. The molecule has 2 unspecified atom stereocenters. The molecule has 24 heavy (non-hydrogen) atoms. The van der Waals surface area contributed by atoms with E-state index in [9.17, 15) is 9.18 Å². The Balaban J connectivity index is 1.67. The zero-order valence-electron chi connectivity index (χ0n) is 14.5. The fourth-order valence-electron chi connectivity index (χ4n) is 3.26. The van der Waals surface area contributed by atoms with E-state index in [0.29, 0.717) is 26.3 Å². The second-order valence-corrected chi connectivity index (χ2v) is 7.53. The lowest BCUT2D eigenvalue weighted by molar-refractivity contribution is -0.101. The maximum atomic E-state index is 13.1. The molecule has 0 saturated carbocycles. The van der Waals surface area contributed by atoms with E-state index in [-0.39, 0.29) is 24.0 Å². The number of benzene rings is 1. The quantitative estimate of drug-likeness (QED) is 0.833. The number of ether oxygens (including phenoxy) is 2. The van der Waals surface area contributed by atoms with Crippen molar-refractivity contribution >= 4 is 6.09 Å². The summed E-state index contributed by atoms with van der Waals surface area (Å²) < 4.78 is 24.2. The molecule has 5 nitrogen and oxygen atoms in total. The molecule has 2 bridgehead atoms. The van der Waals surface area contributed by atoms with Crippen molar-refractivity contribution in [2.75, 3.05) is 26.3 Å². The number of halogens is 1. The number of amides is 1. The number of hydrogen-bond donors (Lipinski definition) is 0. The molecule has 2 aliphatic rings. The average Bonchev–Trinajstić information content (AvgIpc) is 2.47. The number of nitrogens with zero attached hydrogens (tertiary/aromatic N) is 2. The average molecular weight is 336 g/mol. The largest absolute Gasteiger partial charge is 0.444 e. The molecule has 0 spiro atoms. The van der Waals surface area contributed by atoms with E-state index in [0.717, 1.165) is 12.1 Å². The van der Waals surface area contributed by atoms with E-state index in [4.69, 9.17) is 9.47 Å². The molecule has 2 heterocycles. The number of carbonyl (C=O) groups excluding carboxylic acids is 1. The molecule has 2 atom stereocenters. The van der Waals surface area contributed by atoms with Crippen LogP contribution in [0.15, 0.2) is 24.3 Å². The lowest BCUT2D eigenvalue weighted by Crippen LogP contribution is -2.65. The predicted octanol–water partition coefficient (Wildman–Crippen LogP) is 2.65. The molecule has 132 valence electrons. The Labute approximate surface area is 142 Å². The van der Waals surface area contributed by atoms with Crippen LogP contribution >= 0.6 is 0 Å². The van der Waals surface area contributed by atoms with Crippen molar-refractivity contribution in [1.82, 2.24) is 9.80 Å². The van der Waals surface area contributed by atoms with Crippen molar-refractivity contribution in [1.29, 1.82) is 0 Å². The third-order valence-corrected chi connectivity index (χ3v) is 4.35. The van der Waals surface area contributed by atoms with E-state index >= 15 is 0 Å². The molecule has 1 aromatic carbocycles. The van der Waals surface area contributed by atoms with Crippen LogP contribution in [0.2, 0.25) is 0 Å². The Kier molecular flexibility index (Phi) is 4.78. The summed E-state index contributed by atoms with van der Waals surface area (Å²) in [5.41, 5.74) is 0.576. The van der Waals surface area contributed by atoms with Gasteiger partial charge in [-0.25, -0.2) is 9.18 Å². The zero-order chi connectivity index (χ0) is 17.3. The van der Waals surface area contributed by atoms with Gasteiger partial charge in [-0.15, -0.1) is 0 Å². The number of fused-ring (bicyclic) bond motifs is 2. The maximum Gasteiger partial charge on any atom is 0.410 e. The highest BCUT2D eigenvalue weighted by Crippen LogP contribution is 2.25. The van der Waals surface area contributed by atoms with Gasteiger partial charge in [0, 0.05) is 19.6 Å². The van der Waals surface area contributed by atoms with E-state index in [2.05, 4.69) is 4.90 Å². The predicted molar refractivity (Wildman–Crippen MR) is 88.1 cm³/mol. The van der Waals surface area contributed by atoms with Gasteiger partial charge in [0.05, 0.1) is 25.3 Å². The number of piperazine rings is 1. The Morgan fingerprint density at radius 3 is 2.33 bits per heavy atom. The minimum absolute atomic E-state index is 0.134. The molecular weight excluding hydrogens is 311 g/mol. The smallest absolute Gasteiger partial charge is 0.410 e. The first kappa shape index (κ1) is 17.2. The van der Waals surface area contributed by atoms with Gasteiger partial charge in [0.15, 0.2) is 0 Å². The number of carbonyl (C=O) groups is 1. The third kappa shape index (κ3) is 4.05. The van der Waals surface area contributed by atoms with Gasteiger partial charge in [0.1, 0.15) is 11.4 Å². The van der Waals surface area contributed by atoms with Crippen LogP contribution in [-0.2, 0) is 16.0 Å². The molecule has 6 heteroatoms. The van der Waals surface area contributed by atoms with Gasteiger partial charge in [0.25, 0.3) is 0 Å². The summed E-state index contributed by atoms with van der Waals surface area (Å²) in [4.78, 5) is 16.5. The van der Waals surface area contributed by atoms with E-state index in [1.807, 2.05) is 32.9 Å². The summed E-state index contributed by atoms with van der Waals surface area (Å²) >= 11 is 0. The Bertz CT molecular complexity index is 571. The maximum absolute atomic E-state index is 13.1. The second kappa shape index (κ2) is 6.69. The molecule has 2 saturated heterocycles. The summed E-state index contributed by atoms with van der Waals surface area (Å²) in [6.45, 7) is 8.73. The van der Waals surface area contributed by atoms with Crippen LogP contribution in [0.1, 0.15) is 26.3 Å². The molecule has 0 aromatic heterocycles. The Morgan fingerprint density at radius 2 is 1.79 bits per heavy atom. The van der Waals surface area contributed by atoms with Crippen molar-refractivity contribution in [2.45, 2.75) is 45.0 Å². The lowest BCUT2D eigenvalue weighted by Gasteiger charge is -2.49. The first-order valence-electron chi connectivity index (χ1n) is 8.38. The Morgan fingerprint density at radius 1 is 1.21 bits per heavy atom. The van der Waals surface area contributed by atoms with Gasteiger partial charge in [-0.05, 0) is 38.5 Å². The normalized spacial score (nSPS) is 24.8. The topological polar surface area (TPSA) is 42.0 Å². The van der Waals surface area contributed by atoms with Gasteiger partial charge in [-0.3, -0.25) is 4.90 Å². The molecular formula is C18H25FN2O3. The first-order chi connectivity index (χ1) is 11.3. The van der Waals surface area contributed by atoms with Crippen LogP contribution in [0, 0.1) is 5.82 Å². The molecule has 3 rings (SSSR count). The van der Waals surface area contributed by atoms with Crippen molar-refractivity contribution in [3.05, 3.63) is 35.6 Å². The standard InChI is InChI=1S/C18H25FN2O3/c1-18(2,3)24-17(22)20-9-15-11-23-12-16(10-20)21(15)8-13-4-6-14(19)7-5-13/h4-7,15-16H,8-12H2,1-3H3. The molecule has 0 aliphatic carbocycles. The van der Waals surface area contributed by atoms with Crippen LogP contribution in [0.3, 0.4) is 0 Å². The van der Waals surface area contributed by atoms with E-state index in [1.165, 1.54) is 12.1 Å². The van der Waals surface area contributed by atoms with Crippen molar-refractivity contribution < 1.29 is 18.7 Å².